The first-order valence-corrected chi connectivity index (χ1v) is 14.6. The smallest absolute Gasteiger partial charge is 0.0841 e. The SMILES string of the molecule is CO[C@@H](C)[C@H]1C[C@H](C)[C@H]([C@@H](C)/C=C/[C@@H]2CC[C@@H](C)[C@H](/C(=C/[C@H]3CCC[C@@H](C)[C@@H]3[C@@H](C)CO)CO)O2)O1. The zero-order valence-corrected chi connectivity index (χ0v) is 23.9. The van der Waals surface area contributed by atoms with Crippen LogP contribution in [0, 0.1) is 41.4 Å². The summed E-state index contributed by atoms with van der Waals surface area (Å²) in [6.45, 7) is 13.6. The maximum atomic E-state index is 10.4. The van der Waals surface area contributed by atoms with Crippen molar-refractivity contribution in [2.24, 2.45) is 41.4 Å². The van der Waals surface area contributed by atoms with Gasteiger partial charge in [0.2, 0.25) is 0 Å². The van der Waals surface area contributed by atoms with E-state index in [9.17, 15) is 10.2 Å². The van der Waals surface area contributed by atoms with Crippen LogP contribution < -0.4 is 0 Å². The fourth-order valence-corrected chi connectivity index (χ4v) is 7.25. The van der Waals surface area contributed by atoms with Gasteiger partial charge in [0, 0.05) is 19.6 Å². The van der Waals surface area contributed by atoms with Crippen LogP contribution in [0.25, 0.3) is 0 Å². The predicted octanol–water partition coefficient (Wildman–Crippen LogP) is 5.79. The molecule has 3 fully saturated rings. The Morgan fingerprint density at radius 1 is 0.972 bits per heavy atom. The van der Waals surface area contributed by atoms with E-state index in [-0.39, 0.29) is 49.7 Å². The molecule has 3 rings (SSSR count). The van der Waals surface area contributed by atoms with E-state index in [0.717, 1.165) is 31.3 Å². The summed E-state index contributed by atoms with van der Waals surface area (Å²) in [5, 5.41) is 20.3. The number of ether oxygens (including phenoxy) is 3. The molecule has 208 valence electrons. The highest BCUT2D eigenvalue weighted by molar-refractivity contribution is 5.16. The van der Waals surface area contributed by atoms with Crippen molar-refractivity contribution in [1.82, 2.24) is 0 Å². The minimum absolute atomic E-state index is 0.0411. The lowest BCUT2D eigenvalue weighted by molar-refractivity contribution is -0.0566. The van der Waals surface area contributed by atoms with Gasteiger partial charge < -0.3 is 24.4 Å². The van der Waals surface area contributed by atoms with Crippen LogP contribution in [0.15, 0.2) is 23.8 Å². The zero-order chi connectivity index (χ0) is 26.4. The molecule has 12 atom stereocenters. The Balaban J connectivity index is 1.67. The van der Waals surface area contributed by atoms with Gasteiger partial charge >= 0.3 is 0 Å². The van der Waals surface area contributed by atoms with E-state index in [1.54, 1.807) is 7.11 Å². The number of hydrogen-bond donors (Lipinski definition) is 2. The van der Waals surface area contributed by atoms with Crippen molar-refractivity contribution in [2.75, 3.05) is 20.3 Å². The minimum Gasteiger partial charge on any atom is -0.396 e. The molecule has 3 aliphatic rings. The third-order valence-electron chi connectivity index (χ3n) is 9.55. The highest BCUT2D eigenvalue weighted by Crippen LogP contribution is 2.42. The monoisotopic (exact) mass is 506 g/mol. The molecule has 5 nitrogen and oxygen atoms in total. The first-order valence-electron chi connectivity index (χ1n) is 14.6. The van der Waals surface area contributed by atoms with E-state index in [1.165, 1.54) is 12.8 Å². The van der Waals surface area contributed by atoms with Gasteiger partial charge in [0.15, 0.2) is 0 Å². The molecule has 0 radical (unpaired) electrons. The van der Waals surface area contributed by atoms with Crippen molar-refractivity contribution in [3.05, 3.63) is 23.8 Å². The molecule has 0 aromatic carbocycles. The number of hydrogen-bond acceptors (Lipinski definition) is 5. The van der Waals surface area contributed by atoms with E-state index in [1.807, 2.05) is 0 Å². The van der Waals surface area contributed by atoms with Crippen LogP contribution >= 0.6 is 0 Å². The van der Waals surface area contributed by atoms with Crippen molar-refractivity contribution in [3.63, 3.8) is 0 Å². The van der Waals surface area contributed by atoms with E-state index < -0.39 is 0 Å². The van der Waals surface area contributed by atoms with E-state index in [2.05, 4.69) is 59.8 Å². The second-order valence-corrected chi connectivity index (χ2v) is 12.4. The van der Waals surface area contributed by atoms with Crippen molar-refractivity contribution >= 4 is 0 Å². The molecule has 1 saturated carbocycles. The van der Waals surface area contributed by atoms with Crippen LogP contribution in [-0.2, 0) is 14.2 Å². The number of rotatable bonds is 10. The van der Waals surface area contributed by atoms with Gasteiger partial charge in [-0.2, -0.15) is 0 Å². The summed E-state index contributed by atoms with van der Waals surface area (Å²) in [6, 6.07) is 0. The first kappa shape index (κ1) is 29.8. The summed E-state index contributed by atoms with van der Waals surface area (Å²) >= 11 is 0. The molecule has 2 N–H and O–H groups in total. The Hall–Kier alpha value is -0.720. The Morgan fingerprint density at radius 2 is 1.72 bits per heavy atom. The Kier molecular flexibility index (Phi) is 11.5. The van der Waals surface area contributed by atoms with E-state index in [4.69, 9.17) is 14.2 Å². The molecule has 0 aromatic heterocycles. The molecule has 0 spiro atoms. The normalized spacial score (nSPS) is 40.9. The number of aliphatic hydroxyl groups is 2. The largest absolute Gasteiger partial charge is 0.396 e. The van der Waals surface area contributed by atoms with Crippen LogP contribution in [0.4, 0.5) is 0 Å². The maximum Gasteiger partial charge on any atom is 0.0841 e. The van der Waals surface area contributed by atoms with Crippen LogP contribution in [0.5, 0.6) is 0 Å². The summed E-state index contributed by atoms with van der Waals surface area (Å²) in [4.78, 5) is 0. The Morgan fingerprint density at radius 3 is 2.39 bits per heavy atom. The van der Waals surface area contributed by atoms with Crippen molar-refractivity contribution < 1.29 is 24.4 Å². The molecule has 36 heavy (non-hydrogen) atoms. The lowest BCUT2D eigenvalue weighted by Gasteiger charge is -2.40. The van der Waals surface area contributed by atoms with Gasteiger partial charge in [0.05, 0.1) is 37.1 Å². The van der Waals surface area contributed by atoms with Gasteiger partial charge in [0.25, 0.3) is 0 Å². The van der Waals surface area contributed by atoms with E-state index in [0.29, 0.717) is 35.5 Å². The zero-order valence-electron chi connectivity index (χ0n) is 23.9. The average Bonchev–Trinajstić information content (AvgIpc) is 3.27. The Bertz CT molecular complexity index is 716. The lowest BCUT2D eigenvalue weighted by atomic mass is 9.67. The van der Waals surface area contributed by atoms with Crippen molar-refractivity contribution in [3.8, 4) is 0 Å². The third kappa shape index (κ3) is 7.22. The average molecular weight is 507 g/mol. The van der Waals surface area contributed by atoms with Gasteiger partial charge in [-0.3, -0.25) is 0 Å². The maximum absolute atomic E-state index is 10.4. The molecule has 2 heterocycles. The van der Waals surface area contributed by atoms with Crippen LogP contribution in [0.1, 0.15) is 80.1 Å². The minimum atomic E-state index is -0.0513. The first-order chi connectivity index (χ1) is 17.2. The molecule has 1 aliphatic carbocycles. The molecular formula is C31H54O5. The van der Waals surface area contributed by atoms with Crippen LogP contribution in [0.2, 0.25) is 0 Å². The molecule has 5 heteroatoms. The van der Waals surface area contributed by atoms with Crippen LogP contribution in [-0.4, -0.2) is 61.1 Å². The summed E-state index contributed by atoms with van der Waals surface area (Å²) in [6.07, 6.45) is 14.1. The van der Waals surface area contributed by atoms with Gasteiger partial charge in [-0.25, -0.2) is 0 Å². The quantitative estimate of drug-likeness (QED) is 0.367. The molecule has 0 unspecified atom stereocenters. The summed E-state index contributed by atoms with van der Waals surface area (Å²) in [7, 11) is 1.75. The van der Waals surface area contributed by atoms with Gasteiger partial charge in [-0.15, -0.1) is 0 Å². The van der Waals surface area contributed by atoms with Gasteiger partial charge in [0.1, 0.15) is 0 Å². The van der Waals surface area contributed by atoms with Gasteiger partial charge in [-0.1, -0.05) is 65.7 Å². The molecule has 0 bridgehead atoms. The Labute approximate surface area is 220 Å². The summed E-state index contributed by atoms with van der Waals surface area (Å²) in [5.74, 6) is 2.92. The van der Waals surface area contributed by atoms with E-state index >= 15 is 0 Å². The fraction of sp³-hybridized carbons (Fsp3) is 0.871. The molecule has 0 amide bonds. The number of allylic oxidation sites excluding steroid dienone is 1. The highest BCUT2D eigenvalue weighted by atomic mass is 16.5. The highest BCUT2D eigenvalue weighted by Gasteiger charge is 2.38. The predicted molar refractivity (Wildman–Crippen MR) is 146 cm³/mol. The molecule has 0 aromatic rings. The summed E-state index contributed by atoms with van der Waals surface area (Å²) < 4.78 is 18.5. The van der Waals surface area contributed by atoms with Crippen molar-refractivity contribution in [2.45, 2.75) is 111 Å². The topological polar surface area (TPSA) is 68.2 Å². The summed E-state index contributed by atoms with van der Waals surface area (Å²) in [5.41, 5.74) is 1.03. The molecular weight excluding hydrogens is 452 g/mol. The van der Waals surface area contributed by atoms with Crippen molar-refractivity contribution in [1.29, 1.82) is 0 Å². The molecule has 2 aliphatic heterocycles. The molecule has 2 saturated heterocycles. The van der Waals surface area contributed by atoms with Gasteiger partial charge in [-0.05, 0) is 73.7 Å². The second-order valence-electron chi connectivity index (χ2n) is 12.4. The second kappa shape index (κ2) is 13.9. The van der Waals surface area contributed by atoms with Crippen LogP contribution in [0.3, 0.4) is 0 Å². The third-order valence-corrected chi connectivity index (χ3v) is 9.55. The fourth-order valence-electron chi connectivity index (χ4n) is 7.25. The standard InChI is InChI=1S/C31H54O5/c1-19-9-8-10-25(29(19)23(5)17-32)16-26(18-33)31-21(3)12-14-27(35-31)13-11-20(2)30-22(4)15-28(36-30)24(6)34-7/h11,13,16,19-25,27-33H,8-10,12,14-15,17-18H2,1-7H3/b13-11+,26-16+/t19-,20+,21-,22+,23+,24+,25-,27-,28-,29-,30+,31-/m1/s1. The lowest BCUT2D eigenvalue weighted by Crippen LogP contribution is -2.37. The number of aliphatic hydroxyl groups excluding tert-OH is 2. The number of methoxy groups -OCH3 is 1.